The molecule has 0 radical (unpaired) electrons. The van der Waals surface area contributed by atoms with E-state index >= 15 is 0 Å². The summed E-state index contributed by atoms with van der Waals surface area (Å²) in [6.45, 7) is 3.84. The smallest absolute Gasteiger partial charge is 0.341 e. The van der Waals surface area contributed by atoms with Crippen LogP contribution in [0.1, 0.15) is 24.2 Å². The third kappa shape index (κ3) is 3.86. The molecule has 1 amide bonds. The zero-order chi connectivity index (χ0) is 22.1. The van der Waals surface area contributed by atoms with Crippen LogP contribution in [0, 0.1) is 12.8 Å². The number of likely N-dealkylation sites (tertiary alicyclic amines) is 1. The molecule has 3 heterocycles. The molecule has 5 rings (SSSR count). The van der Waals surface area contributed by atoms with E-state index in [-0.39, 0.29) is 11.6 Å². The number of hydrogen-bond donors (Lipinski definition) is 1. The van der Waals surface area contributed by atoms with Gasteiger partial charge in [0, 0.05) is 31.2 Å². The molecule has 164 valence electrons. The summed E-state index contributed by atoms with van der Waals surface area (Å²) in [5, 5.41) is 8.06. The number of carbonyl (C=O) groups excluding carboxylic acids is 1. The van der Waals surface area contributed by atoms with E-state index in [9.17, 15) is 9.59 Å². The molecular formula is C25H27N5O2. The van der Waals surface area contributed by atoms with Crippen LogP contribution in [-0.2, 0) is 17.8 Å². The maximum absolute atomic E-state index is 12.9. The Balaban J connectivity index is 1.23. The van der Waals surface area contributed by atoms with Crippen molar-refractivity contribution in [1.82, 2.24) is 24.2 Å². The molecule has 0 bridgehead atoms. The average molecular weight is 430 g/mol. The Labute approximate surface area is 186 Å². The summed E-state index contributed by atoms with van der Waals surface area (Å²) < 4.78 is 3.71. The molecule has 1 saturated heterocycles. The van der Waals surface area contributed by atoms with Gasteiger partial charge in [0.15, 0.2) is 0 Å². The zero-order valence-electron chi connectivity index (χ0n) is 18.2. The molecule has 1 aliphatic heterocycles. The molecule has 4 aromatic rings. The minimum absolute atomic E-state index is 0.154. The fourth-order valence-corrected chi connectivity index (χ4v) is 4.70. The van der Waals surface area contributed by atoms with Gasteiger partial charge >= 0.3 is 5.69 Å². The van der Waals surface area contributed by atoms with Crippen LogP contribution >= 0.6 is 0 Å². The Morgan fingerprint density at radius 1 is 1.06 bits per heavy atom. The summed E-state index contributed by atoms with van der Waals surface area (Å²) in [6.07, 6.45) is 4.52. The summed E-state index contributed by atoms with van der Waals surface area (Å²) in [5.74, 6) is 1.30. The van der Waals surface area contributed by atoms with Crippen molar-refractivity contribution in [2.75, 3.05) is 13.1 Å². The minimum atomic E-state index is -0.208. The van der Waals surface area contributed by atoms with E-state index in [1.165, 1.54) is 0 Å². The van der Waals surface area contributed by atoms with Gasteiger partial charge in [-0.05, 0) is 54.8 Å². The lowest BCUT2D eigenvalue weighted by molar-refractivity contribution is -0.133. The summed E-state index contributed by atoms with van der Waals surface area (Å²) in [7, 11) is 0. The van der Waals surface area contributed by atoms with Gasteiger partial charge < -0.3 is 9.47 Å². The highest BCUT2D eigenvalue weighted by molar-refractivity contribution is 5.83. The number of benzene rings is 2. The van der Waals surface area contributed by atoms with Gasteiger partial charge in [0.2, 0.25) is 5.91 Å². The average Bonchev–Trinajstić information content (AvgIpc) is 3.38. The number of rotatable bonds is 5. The molecule has 1 fully saturated rings. The van der Waals surface area contributed by atoms with Crippen molar-refractivity contribution in [3.05, 3.63) is 82.7 Å². The maximum Gasteiger partial charge on any atom is 0.347 e. The van der Waals surface area contributed by atoms with Crippen LogP contribution in [0.3, 0.4) is 0 Å². The SMILES string of the molecule is Cc1ccccc1-n1c(CC2CCN(C(=O)Cn3ccc4ccccc43)CC2)n[nH]c1=O. The number of aryl methyl sites for hydroxylation is 1. The number of amides is 1. The molecule has 7 nitrogen and oxygen atoms in total. The first-order chi connectivity index (χ1) is 15.6. The molecule has 0 saturated carbocycles. The van der Waals surface area contributed by atoms with Crippen LogP contribution in [0.2, 0.25) is 0 Å². The Morgan fingerprint density at radius 2 is 1.81 bits per heavy atom. The second-order valence-corrected chi connectivity index (χ2v) is 8.60. The fraction of sp³-hybridized carbons (Fsp3) is 0.320. The van der Waals surface area contributed by atoms with Crippen LogP contribution in [0.4, 0.5) is 0 Å². The molecule has 0 atom stereocenters. The molecule has 2 aromatic carbocycles. The number of aromatic amines is 1. The van der Waals surface area contributed by atoms with Crippen LogP contribution in [0.5, 0.6) is 0 Å². The highest BCUT2D eigenvalue weighted by atomic mass is 16.2. The van der Waals surface area contributed by atoms with Gasteiger partial charge in [-0.1, -0.05) is 36.4 Å². The normalized spacial score (nSPS) is 14.8. The number of hydrogen-bond acceptors (Lipinski definition) is 3. The van der Waals surface area contributed by atoms with E-state index in [0.717, 1.165) is 60.3 Å². The van der Waals surface area contributed by atoms with E-state index in [4.69, 9.17) is 0 Å². The zero-order valence-corrected chi connectivity index (χ0v) is 18.2. The number of piperidine rings is 1. The van der Waals surface area contributed by atoms with Gasteiger partial charge in [0.05, 0.1) is 5.69 Å². The van der Waals surface area contributed by atoms with Gasteiger partial charge in [-0.25, -0.2) is 14.5 Å². The molecule has 0 unspecified atom stereocenters. The topological polar surface area (TPSA) is 75.9 Å². The van der Waals surface area contributed by atoms with Gasteiger partial charge in [-0.3, -0.25) is 4.79 Å². The number of nitrogens with zero attached hydrogens (tertiary/aromatic N) is 4. The summed E-state index contributed by atoms with van der Waals surface area (Å²) >= 11 is 0. The number of H-pyrrole nitrogens is 1. The van der Waals surface area contributed by atoms with E-state index in [1.54, 1.807) is 4.57 Å². The van der Waals surface area contributed by atoms with Gasteiger partial charge in [0.25, 0.3) is 0 Å². The maximum atomic E-state index is 12.9. The molecule has 32 heavy (non-hydrogen) atoms. The van der Waals surface area contributed by atoms with Crippen LogP contribution in [-0.4, -0.2) is 43.2 Å². The highest BCUT2D eigenvalue weighted by Crippen LogP contribution is 2.23. The van der Waals surface area contributed by atoms with Crippen molar-refractivity contribution >= 4 is 16.8 Å². The van der Waals surface area contributed by atoms with Crippen LogP contribution in [0.25, 0.3) is 16.6 Å². The standard InChI is InChI=1S/C25H27N5O2/c1-18-6-2-4-8-21(18)30-23(26-27-25(30)32)16-19-10-13-28(14-11-19)24(31)17-29-15-12-20-7-3-5-9-22(20)29/h2-9,12,15,19H,10-11,13-14,16-17H2,1H3,(H,27,32). The number of carbonyl (C=O) groups is 1. The quantitative estimate of drug-likeness (QED) is 0.529. The van der Waals surface area contributed by atoms with Crippen LogP contribution in [0.15, 0.2) is 65.6 Å². The van der Waals surface area contributed by atoms with E-state index in [2.05, 4.69) is 16.3 Å². The van der Waals surface area contributed by atoms with Gasteiger partial charge in [-0.2, -0.15) is 5.10 Å². The molecule has 1 N–H and O–H groups in total. The largest absolute Gasteiger partial charge is 0.347 e. The van der Waals surface area contributed by atoms with Gasteiger partial charge in [-0.15, -0.1) is 0 Å². The summed E-state index contributed by atoms with van der Waals surface area (Å²) in [4.78, 5) is 27.3. The number of aromatic nitrogens is 4. The van der Waals surface area contributed by atoms with E-state index < -0.39 is 0 Å². The first-order valence-corrected chi connectivity index (χ1v) is 11.1. The molecule has 7 heteroatoms. The Morgan fingerprint density at radius 3 is 2.62 bits per heavy atom. The Hall–Kier alpha value is -3.61. The predicted octanol–water partition coefficient (Wildman–Crippen LogP) is 3.31. The van der Waals surface area contributed by atoms with Crippen LogP contribution < -0.4 is 5.69 Å². The van der Waals surface area contributed by atoms with Crippen molar-refractivity contribution in [2.24, 2.45) is 5.92 Å². The van der Waals surface area contributed by atoms with Crippen molar-refractivity contribution in [1.29, 1.82) is 0 Å². The third-order valence-electron chi connectivity index (χ3n) is 6.52. The van der Waals surface area contributed by atoms with Gasteiger partial charge in [0.1, 0.15) is 12.4 Å². The van der Waals surface area contributed by atoms with Crippen molar-refractivity contribution in [3.8, 4) is 5.69 Å². The summed E-state index contributed by atoms with van der Waals surface area (Å²) in [6, 6.07) is 18.0. The lowest BCUT2D eigenvalue weighted by Crippen LogP contribution is -2.40. The molecule has 1 aliphatic rings. The predicted molar refractivity (Wildman–Crippen MR) is 124 cm³/mol. The molecular weight excluding hydrogens is 402 g/mol. The number of fused-ring (bicyclic) bond motifs is 1. The lowest BCUT2D eigenvalue weighted by atomic mass is 9.93. The third-order valence-corrected chi connectivity index (χ3v) is 6.52. The number of para-hydroxylation sites is 2. The second kappa shape index (κ2) is 8.49. The van der Waals surface area contributed by atoms with Crippen molar-refractivity contribution < 1.29 is 4.79 Å². The fourth-order valence-electron chi connectivity index (χ4n) is 4.70. The Kier molecular flexibility index (Phi) is 5.39. The number of nitrogens with one attached hydrogen (secondary N) is 1. The second-order valence-electron chi connectivity index (χ2n) is 8.60. The Bertz CT molecular complexity index is 1310. The first-order valence-electron chi connectivity index (χ1n) is 11.1. The van der Waals surface area contributed by atoms with Crippen molar-refractivity contribution in [2.45, 2.75) is 32.7 Å². The van der Waals surface area contributed by atoms with Crippen molar-refractivity contribution in [3.63, 3.8) is 0 Å². The summed E-state index contributed by atoms with van der Waals surface area (Å²) in [5.41, 5.74) is 2.78. The lowest BCUT2D eigenvalue weighted by Gasteiger charge is -2.32. The molecule has 0 spiro atoms. The minimum Gasteiger partial charge on any atom is -0.341 e. The molecule has 0 aliphatic carbocycles. The van der Waals surface area contributed by atoms with E-state index in [0.29, 0.717) is 12.5 Å². The highest BCUT2D eigenvalue weighted by Gasteiger charge is 2.25. The monoisotopic (exact) mass is 429 g/mol. The van der Waals surface area contributed by atoms with E-state index in [1.807, 2.05) is 71.1 Å². The first kappa shape index (κ1) is 20.3. The molecule has 2 aromatic heterocycles.